The van der Waals surface area contributed by atoms with Crippen molar-refractivity contribution in [3.63, 3.8) is 0 Å². The molecule has 0 unspecified atom stereocenters. The van der Waals surface area contributed by atoms with Crippen molar-refractivity contribution < 1.29 is 8.42 Å². The van der Waals surface area contributed by atoms with E-state index in [0.29, 0.717) is 0 Å². The van der Waals surface area contributed by atoms with E-state index < -0.39 is 14.6 Å². The van der Waals surface area contributed by atoms with Gasteiger partial charge in [0.15, 0.2) is 0 Å². The van der Waals surface area contributed by atoms with Crippen LogP contribution in [0, 0.1) is 11.2 Å². The summed E-state index contributed by atoms with van der Waals surface area (Å²) in [6, 6.07) is 0. The van der Waals surface area contributed by atoms with Gasteiger partial charge >= 0.3 is 0 Å². The summed E-state index contributed by atoms with van der Waals surface area (Å²) in [7, 11) is -3.21. The molecular formula is C7H12O2S. The van der Waals surface area contributed by atoms with Gasteiger partial charge in [0.25, 0.3) is 0 Å². The zero-order valence-corrected chi connectivity index (χ0v) is 7.54. The lowest BCUT2D eigenvalue weighted by Gasteiger charge is -2.13. The van der Waals surface area contributed by atoms with Gasteiger partial charge < -0.3 is 0 Å². The summed E-state index contributed by atoms with van der Waals surface area (Å²) in [5.74, 6) is 2.38. The van der Waals surface area contributed by atoms with E-state index in [9.17, 15) is 8.42 Å². The second-order valence-corrected chi connectivity index (χ2v) is 5.40. The Labute approximate surface area is 62.6 Å². The minimum atomic E-state index is -3.21. The molecule has 0 bridgehead atoms. The quantitative estimate of drug-likeness (QED) is 0.394. The number of hydrogen-bond acceptors (Lipinski definition) is 2. The molecule has 58 valence electrons. The number of hydrogen-bond donors (Lipinski definition) is 0. The third-order valence-electron chi connectivity index (χ3n) is 1.04. The first-order valence-electron chi connectivity index (χ1n) is 2.99. The average molecular weight is 160 g/mol. The molecule has 0 aromatic rings. The van der Waals surface area contributed by atoms with Gasteiger partial charge in [-0.3, -0.25) is 0 Å². The van der Waals surface area contributed by atoms with Crippen LogP contribution in [0.25, 0.3) is 0 Å². The molecule has 0 spiro atoms. The zero-order valence-electron chi connectivity index (χ0n) is 6.72. The summed E-state index contributed by atoms with van der Waals surface area (Å²) >= 11 is 0. The van der Waals surface area contributed by atoms with Crippen molar-refractivity contribution in [3.05, 3.63) is 0 Å². The fourth-order valence-electron chi connectivity index (χ4n) is 0.287. The van der Waals surface area contributed by atoms with E-state index in [-0.39, 0.29) is 0 Å². The second-order valence-electron chi connectivity index (χ2n) is 2.97. The normalized spacial score (nSPS) is 12.0. The third kappa shape index (κ3) is 2.03. The maximum atomic E-state index is 11.1. The van der Waals surface area contributed by atoms with Crippen LogP contribution in [0.3, 0.4) is 0 Å². The van der Waals surface area contributed by atoms with Crippen LogP contribution >= 0.6 is 0 Å². The molecule has 0 N–H and O–H groups in total. The lowest BCUT2D eigenvalue weighted by atomic mass is 10.3. The molecule has 0 atom stereocenters. The van der Waals surface area contributed by atoms with E-state index in [1.165, 1.54) is 6.92 Å². The highest BCUT2D eigenvalue weighted by Gasteiger charge is 2.26. The average Bonchev–Trinajstić information content (AvgIpc) is 1.61. The Bertz CT molecular complexity index is 256. The summed E-state index contributed by atoms with van der Waals surface area (Å²) in [6.45, 7) is 6.41. The lowest BCUT2D eigenvalue weighted by molar-refractivity contribution is 0.571. The van der Waals surface area contributed by atoms with E-state index in [2.05, 4.69) is 11.2 Å². The Hall–Kier alpha value is -0.490. The minimum Gasteiger partial charge on any atom is -0.215 e. The Morgan fingerprint density at radius 1 is 1.20 bits per heavy atom. The van der Waals surface area contributed by atoms with E-state index >= 15 is 0 Å². The molecule has 0 amide bonds. The van der Waals surface area contributed by atoms with Crippen molar-refractivity contribution in [1.82, 2.24) is 0 Å². The van der Waals surface area contributed by atoms with Crippen LogP contribution in [0.4, 0.5) is 0 Å². The fourth-order valence-corrected chi connectivity index (χ4v) is 0.862. The van der Waals surface area contributed by atoms with Gasteiger partial charge in [0.05, 0.1) is 4.75 Å². The first-order valence-corrected chi connectivity index (χ1v) is 4.47. The molecule has 0 aliphatic rings. The topological polar surface area (TPSA) is 34.1 Å². The van der Waals surface area contributed by atoms with Gasteiger partial charge in [0, 0.05) is 5.25 Å². The first-order chi connectivity index (χ1) is 4.31. The van der Waals surface area contributed by atoms with Crippen molar-refractivity contribution >= 4 is 9.84 Å². The standard InChI is InChI=1S/C7H12O2S/c1-5-6-10(8,9)7(2,3)4/h1-4H3. The van der Waals surface area contributed by atoms with Gasteiger partial charge in [-0.25, -0.2) is 8.42 Å². The van der Waals surface area contributed by atoms with E-state index in [4.69, 9.17) is 0 Å². The van der Waals surface area contributed by atoms with Crippen LogP contribution in [-0.4, -0.2) is 13.2 Å². The van der Waals surface area contributed by atoms with Gasteiger partial charge in [-0.15, -0.1) is 0 Å². The van der Waals surface area contributed by atoms with Gasteiger partial charge in [-0.1, -0.05) is 5.92 Å². The van der Waals surface area contributed by atoms with Crippen molar-refractivity contribution in [2.24, 2.45) is 0 Å². The monoisotopic (exact) mass is 160 g/mol. The van der Waals surface area contributed by atoms with Gasteiger partial charge in [0.1, 0.15) is 0 Å². The van der Waals surface area contributed by atoms with Crippen molar-refractivity contribution in [2.45, 2.75) is 32.4 Å². The van der Waals surface area contributed by atoms with Crippen LogP contribution in [-0.2, 0) is 9.84 Å². The van der Waals surface area contributed by atoms with E-state index in [0.717, 1.165) is 0 Å². The molecule has 0 rings (SSSR count). The Morgan fingerprint density at radius 3 is 1.70 bits per heavy atom. The molecule has 0 aliphatic heterocycles. The predicted molar refractivity (Wildman–Crippen MR) is 42.1 cm³/mol. The highest BCUT2D eigenvalue weighted by molar-refractivity contribution is 7.97. The first kappa shape index (κ1) is 9.51. The Morgan fingerprint density at radius 2 is 1.60 bits per heavy atom. The third-order valence-corrected chi connectivity index (χ3v) is 3.13. The maximum Gasteiger partial charge on any atom is 0.221 e. The van der Waals surface area contributed by atoms with Gasteiger partial charge in [-0.05, 0) is 27.7 Å². The van der Waals surface area contributed by atoms with E-state index in [1.807, 2.05) is 0 Å². The molecule has 0 aromatic heterocycles. The predicted octanol–water partition coefficient (Wildman–Crippen LogP) is 1.18. The fraction of sp³-hybridized carbons (Fsp3) is 0.714. The molecule has 0 radical (unpaired) electrons. The Kier molecular flexibility index (Phi) is 2.50. The molecule has 0 aliphatic carbocycles. The highest BCUT2D eigenvalue weighted by Crippen LogP contribution is 2.14. The molecule has 0 aromatic carbocycles. The van der Waals surface area contributed by atoms with E-state index in [1.54, 1.807) is 20.8 Å². The number of rotatable bonds is 0. The summed E-state index contributed by atoms with van der Waals surface area (Å²) in [5.41, 5.74) is 0. The largest absolute Gasteiger partial charge is 0.221 e. The summed E-state index contributed by atoms with van der Waals surface area (Å²) < 4.78 is 21.4. The summed E-state index contributed by atoms with van der Waals surface area (Å²) in [6.07, 6.45) is 0. The summed E-state index contributed by atoms with van der Waals surface area (Å²) in [4.78, 5) is 0. The van der Waals surface area contributed by atoms with Crippen molar-refractivity contribution in [3.8, 4) is 11.2 Å². The molecule has 3 heteroatoms. The molecule has 0 saturated carbocycles. The smallest absolute Gasteiger partial charge is 0.215 e. The minimum absolute atomic E-state index is 0.754. The van der Waals surface area contributed by atoms with Crippen molar-refractivity contribution in [2.75, 3.05) is 0 Å². The molecule has 10 heavy (non-hydrogen) atoms. The molecule has 2 nitrogen and oxygen atoms in total. The van der Waals surface area contributed by atoms with Crippen molar-refractivity contribution in [1.29, 1.82) is 0 Å². The molecular weight excluding hydrogens is 148 g/mol. The highest BCUT2D eigenvalue weighted by atomic mass is 32.2. The maximum absolute atomic E-state index is 11.1. The van der Waals surface area contributed by atoms with Crippen LogP contribution < -0.4 is 0 Å². The van der Waals surface area contributed by atoms with Crippen LogP contribution in [0.15, 0.2) is 0 Å². The zero-order chi connectivity index (χ0) is 8.41. The molecule has 0 saturated heterocycles. The Balaban J connectivity index is 4.91. The molecule has 0 heterocycles. The summed E-state index contributed by atoms with van der Waals surface area (Å²) in [5, 5.41) is 2.18. The lowest BCUT2D eigenvalue weighted by Crippen LogP contribution is -2.25. The second kappa shape index (κ2) is 2.63. The molecule has 0 fully saturated rings. The van der Waals surface area contributed by atoms with Gasteiger partial charge in [0.2, 0.25) is 9.84 Å². The SMILES string of the molecule is CC#CS(=O)(=O)C(C)(C)C. The number of sulfone groups is 1. The van der Waals surface area contributed by atoms with Crippen LogP contribution in [0.5, 0.6) is 0 Å². The van der Waals surface area contributed by atoms with Gasteiger partial charge in [-0.2, -0.15) is 0 Å². The van der Waals surface area contributed by atoms with Crippen LogP contribution in [0.2, 0.25) is 0 Å². The van der Waals surface area contributed by atoms with Crippen LogP contribution in [0.1, 0.15) is 27.7 Å².